The van der Waals surface area contributed by atoms with Crippen molar-refractivity contribution in [1.29, 1.82) is 0 Å². The van der Waals surface area contributed by atoms with E-state index in [4.69, 9.17) is 12.2 Å². The van der Waals surface area contributed by atoms with E-state index in [1.54, 1.807) is 0 Å². The van der Waals surface area contributed by atoms with Crippen LogP contribution in [0.2, 0.25) is 0 Å². The van der Waals surface area contributed by atoms with Crippen molar-refractivity contribution in [2.24, 2.45) is 0 Å². The Morgan fingerprint density at radius 3 is 2.63 bits per heavy atom. The average molecular weight is 278 g/mol. The first-order valence-electron chi connectivity index (χ1n) is 6.84. The van der Waals surface area contributed by atoms with Gasteiger partial charge in [0.15, 0.2) is 5.11 Å². The van der Waals surface area contributed by atoms with Crippen LogP contribution >= 0.6 is 12.2 Å². The highest BCUT2D eigenvalue weighted by Gasteiger charge is 2.03. The molecule has 1 aromatic carbocycles. The van der Waals surface area contributed by atoms with E-state index in [0.717, 1.165) is 32.2 Å². The van der Waals surface area contributed by atoms with Gasteiger partial charge in [0, 0.05) is 13.0 Å². The fourth-order valence-corrected chi connectivity index (χ4v) is 1.95. The number of nitrogens with one attached hydrogen (secondary N) is 2. The van der Waals surface area contributed by atoms with Crippen LogP contribution in [0.5, 0.6) is 0 Å². The maximum atomic E-state index is 11.5. The molecule has 1 rings (SSSR count). The number of amides is 1. The first-order valence-corrected chi connectivity index (χ1v) is 7.24. The van der Waals surface area contributed by atoms with Crippen molar-refractivity contribution in [3.05, 3.63) is 35.9 Å². The summed E-state index contributed by atoms with van der Waals surface area (Å²) in [6, 6.07) is 10.2. The molecule has 0 atom stereocenters. The summed E-state index contributed by atoms with van der Waals surface area (Å²) in [6.07, 6.45) is 4.57. The molecule has 0 aliphatic carbocycles. The zero-order valence-corrected chi connectivity index (χ0v) is 12.3. The van der Waals surface area contributed by atoms with Crippen molar-refractivity contribution in [3.63, 3.8) is 0 Å². The lowest BCUT2D eigenvalue weighted by atomic mass is 10.1. The van der Waals surface area contributed by atoms with Crippen LogP contribution in [-0.4, -0.2) is 17.6 Å². The molecule has 0 aliphatic heterocycles. The topological polar surface area (TPSA) is 41.1 Å². The molecule has 4 heteroatoms. The smallest absolute Gasteiger partial charge is 0.226 e. The largest absolute Gasteiger partial charge is 0.362 e. The summed E-state index contributed by atoms with van der Waals surface area (Å²) in [4.78, 5) is 11.5. The normalized spacial score (nSPS) is 9.95. The molecule has 1 aromatic rings. The number of benzene rings is 1. The average Bonchev–Trinajstić information content (AvgIpc) is 2.40. The highest BCUT2D eigenvalue weighted by atomic mass is 32.1. The minimum atomic E-state index is 0.00524. The van der Waals surface area contributed by atoms with Gasteiger partial charge < -0.3 is 10.6 Å². The Balaban J connectivity index is 2.12. The summed E-state index contributed by atoms with van der Waals surface area (Å²) < 4.78 is 0. The zero-order valence-electron chi connectivity index (χ0n) is 11.4. The highest BCUT2D eigenvalue weighted by Crippen LogP contribution is 1.99. The van der Waals surface area contributed by atoms with Crippen LogP contribution in [0.1, 0.15) is 38.2 Å². The van der Waals surface area contributed by atoms with Crippen LogP contribution in [0.15, 0.2) is 30.3 Å². The van der Waals surface area contributed by atoms with Crippen LogP contribution in [0.3, 0.4) is 0 Å². The third-order valence-corrected chi connectivity index (χ3v) is 3.05. The van der Waals surface area contributed by atoms with E-state index in [1.807, 2.05) is 18.2 Å². The van der Waals surface area contributed by atoms with Crippen LogP contribution in [0.25, 0.3) is 0 Å². The Labute approximate surface area is 120 Å². The third kappa shape index (κ3) is 7.57. The van der Waals surface area contributed by atoms with Gasteiger partial charge in [-0.1, -0.05) is 50.1 Å². The number of carbonyl (C=O) groups is 1. The van der Waals surface area contributed by atoms with Crippen LogP contribution < -0.4 is 10.6 Å². The van der Waals surface area contributed by atoms with Gasteiger partial charge in [-0.3, -0.25) is 4.79 Å². The molecule has 1 amide bonds. The van der Waals surface area contributed by atoms with Gasteiger partial charge in [0.05, 0.1) is 0 Å². The predicted octanol–water partition coefficient (Wildman–Crippen LogP) is 2.80. The number of unbranched alkanes of at least 4 members (excludes halogenated alkanes) is 2. The Hall–Kier alpha value is -1.42. The summed E-state index contributed by atoms with van der Waals surface area (Å²) in [5, 5.41) is 6.19. The minimum absolute atomic E-state index is 0.00524. The molecule has 0 fully saturated rings. The molecule has 0 saturated carbocycles. The second-order valence-corrected chi connectivity index (χ2v) is 4.91. The molecule has 0 unspecified atom stereocenters. The number of thiocarbonyl (C=S) groups is 1. The molecule has 2 N–H and O–H groups in total. The van der Waals surface area contributed by atoms with Crippen molar-refractivity contribution in [1.82, 2.24) is 10.6 Å². The van der Waals surface area contributed by atoms with E-state index in [0.29, 0.717) is 11.5 Å². The van der Waals surface area contributed by atoms with Gasteiger partial charge in [-0.25, -0.2) is 0 Å². The Kier molecular flexibility index (Phi) is 7.82. The van der Waals surface area contributed by atoms with Gasteiger partial charge >= 0.3 is 0 Å². The molecule has 0 radical (unpaired) electrons. The van der Waals surface area contributed by atoms with Gasteiger partial charge in [-0.15, -0.1) is 0 Å². The molecule has 0 spiro atoms. The summed E-state index contributed by atoms with van der Waals surface area (Å²) >= 11 is 5.08. The van der Waals surface area contributed by atoms with E-state index in [-0.39, 0.29) is 5.91 Å². The maximum absolute atomic E-state index is 11.5. The van der Waals surface area contributed by atoms with Crippen LogP contribution in [0.4, 0.5) is 0 Å². The molecule has 0 aliphatic rings. The summed E-state index contributed by atoms with van der Waals surface area (Å²) in [5.74, 6) is 0.00524. The zero-order chi connectivity index (χ0) is 13.9. The van der Waals surface area contributed by atoms with E-state index < -0.39 is 0 Å². The van der Waals surface area contributed by atoms with Gasteiger partial charge in [-0.05, 0) is 30.6 Å². The van der Waals surface area contributed by atoms with Gasteiger partial charge in [0.25, 0.3) is 0 Å². The minimum Gasteiger partial charge on any atom is -0.362 e. The molecule has 0 saturated heterocycles. The highest BCUT2D eigenvalue weighted by molar-refractivity contribution is 7.80. The molecule has 0 heterocycles. The number of carbonyl (C=O) groups excluding carboxylic acids is 1. The van der Waals surface area contributed by atoms with E-state index >= 15 is 0 Å². The molecule has 0 bridgehead atoms. The number of hydrogen-bond donors (Lipinski definition) is 2. The van der Waals surface area contributed by atoms with E-state index in [1.165, 1.54) is 5.56 Å². The molecule has 3 nitrogen and oxygen atoms in total. The summed E-state index contributed by atoms with van der Waals surface area (Å²) in [5.41, 5.74) is 1.26. The van der Waals surface area contributed by atoms with E-state index in [9.17, 15) is 4.79 Å². The second-order valence-electron chi connectivity index (χ2n) is 4.50. The number of hydrogen-bond acceptors (Lipinski definition) is 2. The maximum Gasteiger partial charge on any atom is 0.226 e. The first kappa shape index (κ1) is 15.6. The fraction of sp³-hybridized carbons (Fsp3) is 0.467. The van der Waals surface area contributed by atoms with Crippen molar-refractivity contribution < 1.29 is 4.79 Å². The van der Waals surface area contributed by atoms with Crippen molar-refractivity contribution in [2.75, 3.05) is 6.54 Å². The molecule has 0 aromatic heterocycles. The predicted molar refractivity (Wildman–Crippen MR) is 83.0 cm³/mol. The molecular weight excluding hydrogens is 256 g/mol. The monoisotopic (exact) mass is 278 g/mol. The Bertz CT molecular complexity index is 392. The summed E-state index contributed by atoms with van der Waals surface area (Å²) in [7, 11) is 0. The van der Waals surface area contributed by atoms with Crippen molar-refractivity contribution in [2.45, 2.75) is 39.0 Å². The lowest BCUT2D eigenvalue weighted by Gasteiger charge is -2.09. The Morgan fingerprint density at radius 2 is 1.95 bits per heavy atom. The SMILES string of the molecule is CCCCCC(=O)NC(=S)NCCc1ccccc1. The van der Waals surface area contributed by atoms with Gasteiger partial charge in [0.2, 0.25) is 5.91 Å². The lowest BCUT2D eigenvalue weighted by molar-refractivity contribution is -0.119. The van der Waals surface area contributed by atoms with Crippen molar-refractivity contribution >= 4 is 23.2 Å². The lowest BCUT2D eigenvalue weighted by Crippen LogP contribution is -2.39. The second kappa shape index (κ2) is 9.50. The third-order valence-electron chi connectivity index (χ3n) is 2.80. The van der Waals surface area contributed by atoms with Gasteiger partial charge in [0.1, 0.15) is 0 Å². The number of rotatable bonds is 7. The van der Waals surface area contributed by atoms with Gasteiger partial charge in [-0.2, -0.15) is 0 Å². The standard InChI is InChI=1S/C15H22N2OS/c1-2-3-5-10-14(18)17-15(19)16-12-11-13-8-6-4-7-9-13/h4,6-9H,2-3,5,10-12H2,1H3,(H2,16,17,18,19). The van der Waals surface area contributed by atoms with Crippen LogP contribution in [0, 0.1) is 0 Å². The fourth-order valence-electron chi connectivity index (χ4n) is 1.73. The van der Waals surface area contributed by atoms with E-state index in [2.05, 4.69) is 29.7 Å². The molecule has 104 valence electrons. The van der Waals surface area contributed by atoms with Crippen LogP contribution in [-0.2, 0) is 11.2 Å². The van der Waals surface area contributed by atoms with Crippen molar-refractivity contribution in [3.8, 4) is 0 Å². The summed E-state index contributed by atoms with van der Waals surface area (Å²) in [6.45, 7) is 2.85. The Morgan fingerprint density at radius 1 is 1.21 bits per heavy atom. The molecular formula is C15H22N2OS. The quantitative estimate of drug-likeness (QED) is 0.595. The first-order chi connectivity index (χ1) is 9.22. The molecule has 19 heavy (non-hydrogen) atoms.